The van der Waals surface area contributed by atoms with Crippen LogP contribution in [0.1, 0.15) is 139 Å². The highest BCUT2D eigenvalue weighted by Crippen LogP contribution is 2.48. The van der Waals surface area contributed by atoms with Crippen molar-refractivity contribution in [1.29, 1.82) is 0 Å². The molecule has 6 aliphatic rings. The van der Waals surface area contributed by atoms with Crippen LogP contribution in [0.3, 0.4) is 0 Å². The molecule has 12 nitrogen and oxygen atoms in total. The number of nitrogens with one attached hydrogen (secondary N) is 1. The highest BCUT2D eigenvalue weighted by molar-refractivity contribution is 6.33. The average Bonchev–Trinajstić information content (AvgIpc) is 4.00. The summed E-state index contributed by atoms with van der Waals surface area (Å²) in [4.78, 5) is 56.7. The van der Waals surface area contributed by atoms with Crippen LogP contribution in [0.2, 0.25) is 0 Å². The molecule has 0 radical (unpaired) electrons. The van der Waals surface area contributed by atoms with Crippen molar-refractivity contribution in [3.63, 3.8) is 0 Å². The highest BCUT2D eigenvalue weighted by atomic mass is 16.7. The fraction of sp³-hybridized carbons (Fsp3) is 0.536. The van der Waals surface area contributed by atoms with Gasteiger partial charge in [-0.2, -0.15) is 0 Å². The first kappa shape index (κ1) is 51.8. The number of methoxy groups -OCH3 is 2. The molecule has 366 valence electrons. The second kappa shape index (κ2) is 22.7. The molecule has 5 atom stereocenters. The van der Waals surface area contributed by atoms with E-state index in [4.69, 9.17) is 33.9 Å². The highest BCUT2D eigenvalue weighted by Gasteiger charge is 2.59. The number of hydrogen-bond acceptors (Lipinski definition) is 12. The Morgan fingerprint density at radius 2 is 1.62 bits per heavy atom. The van der Waals surface area contributed by atoms with E-state index in [0.29, 0.717) is 64.1 Å². The molecule has 0 saturated carbocycles. The number of aliphatic hydroxyl groups is 1. The van der Waals surface area contributed by atoms with Gasteiger partial charge in [0.25, 0.3) is 0 Å². The van der Waals surface area contributed by atoms with Crippen molar-refractivity contribution in [2.75, 3.05) is 20.8 Å². The standard InChI is InChI=1S/C56H74N4O8/c1-13-39-36(8)43-28-44-37(9)41(24-25-49(62)67-27-26-35(7)23-17-22-34(6)21-16-20-33(5)19-15-18-32(3)4)52(59-44)51-53-50(54(63)68-56(51,66-12)55(64)65-11)38(10)45(60-53)29-47-40(14-2)42(31-61)48(58-47)30-46(39)57-43/h13,26,28-34,37,41,59,61H,1,14-25,27H2,2-12H3/b35-26+,42-31-,44-28?,45-29?,46-30?,52-51?/t33?,34?,37-,41-,56?/m0/s1. The van der Waals surface area contributed by atoms with E-state index in [0.717, 1.165) is 53.4 Å². The van der Waals surface area contributed by atoms with Gasteiger partial charge in [-0.3, -0.25) is 4.79 Å². The third kappa shape index (κ3) is 11.0. The number of carbonyl (C=O) groups excluding carboxylic acids is 3. The van der Waals surface area contributed by atoms with Gasteiger partial charge in [0.2, 0.25) is 0 Å². The van der Waals surface area contributed by atoms with E-state index in [1.54, 1.807) is 19.1 Å². The number of aliphatic hydroxyl groups excluding tert-OH is 1. The number of rotatable bonds is 21. The van der Waals surface area contributed by atoms with E-state index < -0.39 is 23.6 Å². The zero-order valence-corrected chi connectivity index (χ0v) is 42.4. The van der Waals surface area contributed by atoms with E-state index in [1.165, 1.54) is 64.7 Å². The second-order valence-corrected chi connectivity index (χ2v) is 19.8. The molecular formula is C56H74N4O8. The molecule has 0 aromatic rings. The molecule has 0 aromatic carbocycles. The Hall–Kier alpha value is -5.62. The van der Waals surface area contributed by atoms with Gasteiger partial charge in [-0.05, 0) is 105 Å². The Bertz CT molecular complexity index is 2440. The number of fused-ring (bicyclic) bond motifs is 5. The van der Waals surface area contributed by atoms with Gasteiger partial charge < -0.3 is 29.4 Å². The van der Waals surface area contributed by atoms with Crippen molar-refractivity contribution in [2.24, 2.45) is 44.6 Å². The molecule has 0 amide bonds. The molecular weight excluding hydrogens is 857 g/mol. The smallest absolute Gasteiger partial charge is 0.385 e. The monoisotopic (exact) mass is 931 g/mol. The number of aliphatic imine (C=N–C) groups is 3. The van der Waals surface area contributed by atoms with E-state index >= 15 is 0 Å². The minimum Gasteiger partial charge on any atom is -0.515 e. The molecule has 2 N–H and O–H groups in total. The van der Waals surface area contributed by atoms with Crippen molar-refractivity contribution < 1.29 is 38.4 Å². The van der Waals surface area contributed by atoms with Crippen LogP contribution in [0.4, 0.5) is 0 Å². The predicted molar refractivity (Wildman–Crippen MR) is 270 cm³/mol. The number of cyclic esters (lactones) is 1. The lowest BCUT2D eigenvalue weighted by Crippen LogP contribution is -2.55. The molecule has 6 rings (SSSR count). The quantitative estimate of drug-likeness (QED) is 0.0495. The molecule has 0 spiro atoms. The number of hydrogen-bond donors (Lipinski definition) is 2. The summed E-state index contributed by atoms with van der Waals surface area (Å²) in [6.07, 6.45) is 22.4. The minimum atomic E-state index is -2.34. The third-order valence-corrected chi connectivity index (χ3v) is 14.4. The van der Waals surface area contributed by atoms with E-state index in [-0.39, 0.29) is 41.8 Å². The van der Waals surface area contributed by atoms with E-state index in [1.807, 2.05) is 39.0 Å². The maximum Gasteiger partial charge on any atom is 0.385 e. The second-order valence-electron chi connectivity index (χ2n) is 19.8. The van der Waals surface area contributed by atoms with Crippen LogP contribution in [0.15, 0.2) is 131 Å². The number of carbonyl (C=O) groups is 3. The lowest BCUT2D eigenvalue weighted by Gasteiger charge is -2.37. The van der Waals surface area contributed by atoms with E-state index in [9.17, 15) is 19.5 Å². The van der Waals surface area contributed by atoms with Crippen LogP contribution in [-0.2, 0) is 33.3 Å². The Morgan fingerprint density at radius 3 is 2.25 bits per heavy atom. The Labute approximate surface area is 404 Å². The van der Waals surface area contributed by atoms with Crippen molar-refractivity contribution in [2.45, 2.75) is 145 Å². The molecule has 6 aliphatic heterocycles. The molecule has 2 saturated heterocycles. The van der Waals surface area contributed by atoms with Crippen LogP contribution < -0.4 is 5.32 Å². The predicted octanol–water partition coefficient (Wildman–Crippen LogP) is 11.8. The molecule has 0 aliphatic carbocycles. The zero-order valence-electron chi connectivity index (χ0n) is 42.4. The van der Waals surface area contributed by atoms with Crippen molar-refractivity contribution in [3.05, 3.63) is 116 Å². The maximum atomic E-state index is 14.1. The maximum absolute atomic E-state index is 14.1. The molecule has 2 fully saturated rings. The van der Waals surface area contributed by atoms with Crippen LogP contribution in [0, 0.1) is 29.6 Å². The normalized spacial score (nSPS) is 23.9. The SMILES string of the molecule is C=CC1=C(C)C2=NC1=CC1=NC(=C(CC)/C1=C/O)C=C1N=C3C(=C1C)C(=O)OC(OC)(C(=O)OC)C3=C1NC(=C2)[C@@H](C)[C@@H]1CCC(=O)OC/C=C(\C)CCCC(C)CCCC(C)CCCC(C)C. The minimum absolute atomic E-state index is 0.0704. The number of esters is 3. The zero-order chi connectivity index (χ0) is 49.4. The van der Waals surface area contributed by atoms with Crippen molar-refractivity contribution in [3.8, 4) is 0 Å². The van der Waals surface area contributed by atoms with Crippen LogP contribution in [0.5, 0.6) is 0 Å². The van der Waals surface area contributed by atoms with Gasteiger partial charge in [0.1, 0.15) is 6.61 Å². The van der Waals surface area contributed by atoms with Gasteiger partial charge in [0.15, 0.2) is 0 Å². The molecule has 8 bridgehead atoms. The average molecular weight is 931 g/mol. The fourth-order valence-corrected chi connectivity index (χ4v) is 10.2. The van der Waals surface area contributed by atoms with Gasteiger partial charge in [0.05, 0.1) is 58.7 Å². The number of ether oxygens (including phenoxy) is 4. The molecule has 3 unspecified atom stereocenters. The summed E-state index contributed by atoms with van der Waals surface area (Å²) in [5.41, 5.74) is 9.25. The topological polar surface area (TPSA) is 157 Å². The van der Waals surface area contributed by atoms with E-state index in [2.05, 4.69) is 46.5 Å². The molecule has 12 heteroatoms. The molecule has 68 heavy (non-hydrogen) atoms. The van der Waals surface area contributed by atoms with Crippen molar-refractivity contribution >= 4 is 35.0 Å². The number of allylic oxidation sites excluding steroid dienone is 11. The van der Waals surface area contributed by atoms with Crippen LogP contribution in [-0.4, -0.2) is 66.8 Å². The van der Waals surface area contributed by atoms with Gasteiger partial charge in [-0.25, -0.2) is 24.6 Å². The summed E-state index contributed by atoms with van der Waals surface area (Å²) in [5, 5.41) is 14.1. The summed E-state index contributed by atoms with van der Waals surface area (Å²) >= 11 is 0. The lowest BCUT2D eigenvalue weighted by molar-refractivity contribution is -0.219. The Balaban J connectivity index is 1.27. The first-order valence-electron chi connectivity index (χ1n) is 24.8. The van der Waals surface area contributed by atoms with Crippen LogP contribution in [0.25, 0.3) is 0 Å². The van der Waals surface area contributed by atoms with Gasteiger partial charge in [-0.15, -0.1) is 0 Å². The van der Waals surface area contributed by atoms with Crippen LogP contribution >= 0.6 is 0 Å². The summed E-state index contributed by atoms with van der Waals surface area (Å²) < 4.78 is 23.1. The summed E-state index contributed by atoms with van der Waals surface area (Å²) in [6.45, 7) is 23.5. The van der Waals surface area contributed by atoms with Gasteiger partial charge >= 0.3 is 23.7 Å². The lowest BCUT2D eigenvalue weighted by atomic mass is 9.82. The summed E-state index contributed by atoms with van der Waals surface area (Å²) in [5.74, 6) is -2.89. The summed E-state index contributed by atoms with van der Waals surface area (Å²) in [6, 6.07) is 0. The fourth-order valence-electron chi connectivity index (χ4n) is 10.2. The van der Waals surface area contributed by atoms with Crippen molar-refractivity contribution in [1.82, 2.24) is 5.32 Å². The largest absolute Gasteiger partial charge is 0.515 e. The van der Waals surface area contributed by atoms with Gasteiger partial charge in [0, 0.05) is 47.9 Å². The summed E-state index contributed by atoms with van der Waals surface area (Å²) in [7, 11) is 2.48. The molecule has 6 heterocycles. The first-order valence-corrected chi connectivity index (χ1v) is 24.8. The third-order valence-electron chi connectivity index (χ3n) is 14.4. The molecule has 0 aromatic heterocycles. The number of nitrogens with zero attached hydrogens (tertiary/aromatic N) is 3. The Morgan fingerprint density at radius 1 is 0.926 bits per heavy atom. The first-order chi connectivity index (χ1) is 32.5. The Kier molecular flexibility index (Phi) is 17.2. The van der Waals surface area contributed by atoms with Gasteiger partial charge in [-0.1, -0.05) is 105 Å².